The van der Waals surface area contributed by atoms with Gasteiger partial charge < -0.3 is 14.3 Å². The Balaban J connectivity index is 4.54. The van der Waals surface area contributed by atoms with Crippen molar-refractivity contribution in [1.82, 2.24) is 0 Å². The molecular formula is C15H28O7P2. The first kappa shape index (κ1) is 23.3. The molecule has 0 aromatic heterocycles. The van der Waals surface area contributed by atoms with Crippen LogP contribution in [0.2, 0.25) is 0 Å². The minimum absolute atomic E-state index is 0.116. The van der Waals surface area contributed by atoms with Crippen LogP contribution in [0.15, 0.2) is 34.6 Å². The summed E-state index contributed by atoms with van der Waals surface area (Å²) < 4.78 is 30.5. The van der Waals surface area contributed by atoms with Crippen LogP contribution in [-0.2, 0) is 18.0 Å². The quantitative estimate of drug-likeness (QED) is 0.277. The average Bonchev–Trinajstić information content (AvgIpc) is 2.34. The molecule has 3 N–H and O–H groups in total. The van der Waals surface area contributed by atoms with E-state index in [0.29, 0.717) is 12.0 Å². The first-order valence-electron chi connectivity index (χ1n) is 7.57. The van der Waals surface area contributed by atoms with Crippen LogP contribution in [0.4, 0.5) is 0 Å². The summed E-state index contributed by atoms with van der Waals surface area (Å²) in [6, 6.07) is 0. The fraction of sp³-hybridized carbons (Fsp3) is 0.600. The lowest BCUT2D eigenvalue weighted by Crippen LogP contribution is -1.95. The first-order chi connectivity index (χ1) is 10.8. The zero-order valence-corrected chi connectivity index (χ0v) is 16.6. The first-order valence-corrected chi connectivity index (χ1v) is 10.6. The van der Waals surface area contributed by atoms with Crippen molar-refractivity contribution in [3.8, 4) is 0 Å². The lowest BCUT2D eigenvalue weighted by molar-refractivity contribution is 0.207. The molecule has 0 heterocycles. The lowest BCUT2D eigenvalue weighted by atomic mass is 10.1. The zero-order chi connectivity index (χ0) is 19.0. The Bertz CT molecular complexity index is 595. The monoisotopic (exact) mass is 382 g/mol. The van der Waals surface area contributed by atoms with E-state index in [2.05, 4.69) is 41.8 Å². The highest BCUT2D eigenvalue weighted by Crippen LogP contribution is 2.58. The number of allylic oxidation sites excluding steroid dienone is 6. The standard InChI is InChI=1S/C15H28O7P2/c1-12(2)8-6-9-13(3)10-7-11-14(4)15(5)21-24(19,20)22-23(16,17)18/h8,10H,6-7,9,11H2,1-5H3,(H,19,20)(H2,16,17,18). The van der Waals surface area contributed by atoms with Gasteiger partial charge in [0, 0.05) is 0 Å². The Kier molecular flexibility index (Phi) is 10.0. The smallest absolute Gasteiger partial charge is 0.409 e. The van der Waals surface area contributed by atoms with Crippen LogP contribution in [0.25, 0.3) is 0 Å². The van der Waals surface area contributed by atoms with Crippen molar-refractivity contribution in [3.63, 3.8) is 0 Å². The molecule has 7 nitrogen and oxygen atoms in total. The minimum Gasteiger partial charge on any atom is -0.409 e. The summed E-state index contributed by atoms with van der Waals surface area (Å²) in [6.07, 6.45) is 7.59. The van der Waals surface area contributed by atoms with Crippen LogP contribution in [-0.4, -0.2) is 14.7 Å². The fourth-order valence-corrected chi connectivity index (χ4v) is 3.51. The van der Waals surface area contributed by atoms with Crippen molar-refractivity contribution < 1.29 is 32.6 Å². The molecule has 0 aromatic rings. The summed E-state index contributed by atoms with van der Waals surface area (Å²) in [5.74, 6) is 0.116. The van der Waals surface area contributed by atoms with Gasteiger partial charge in [0.05, 0.1) is 0 Å². The molecule has 1 atom stereocenters. The fourth-order valence-electron chi connectivity index (χ4n) is 1.80. The van der Waals surface area contributed by atoms with Crippen LogP contribution in [0.1, 0.15) is 60.3 Å². The van der Waals surface area contributed by atoms with Gasteiger partial charge in [-0.2, -0.15) is 4.31 Å². The molecule has 24 heavy (non-hydrogen) atoms. The van der Waals surface area contributed by atoms with Gasteiger partial charge in [-0.25, -0.2) is 9.13 Å². The van der Waals surface area contributed by atoms with Gasteiger partial charge in [0.25, 0.3) is 0 Å². The van der Waals surface area contributed by atoms with E-state index in [4.69, 9.17) is 9.79 Å². The van der Waals surface area contributed by atoms with Gasteiger partial charge in [0.1, 0.15) is 5.76 Å². The molecule has 0 amide bonds. The summed E-state index contributed by atoms with van der Waals surface area (Å²) in [5.41, 5.74) is 3.25. The number of hydrogen-bond acceptors (Lipinski definition) is 4. The Morgan fingerprint density at radius 2 is 1.46 bits per heavy atom. The molecular weight excluding hydrogens is 354 g/mol. The Labute approximate surface area is 143 Å². The number of rotatable bonds is 10. The van der Waals surface area contributed by atoms with E-state index in [1.807, 2.05) is 0 Å². The summed E-state index contributed by atoms with van der Waals surface area (Å²) in [7, 11) is -9.94. The molecule has 0 bridgehead atoms. The normalized spacial score (nSPS) is 16.2. The van der Waals surface area contributed by atoms with Crippen LogP contribution in [0, 0.1) is 0 Å². The molecule has 0 saturated heterocycles. The Morgan fingerprint density at radius 3 is 1.96 bits per heavy atom. The molecule has 0 fully saturated rings. The zero-order valence-electron chi connectivity index (χ0n) is 14.9. The topological polar surface area (TPSA) is 113 Å². The van der Waals surface area contributed by atoms with E-state index >= 15 is 0 Å². The third-order valence-corrected chi connectivity index (χ3v) is 5.35. The summed E-state index contributed by atoms with van der Waals surface area (Å²) >= 11 is 0. The van der Waals surface area contributed by atoms with Crippen molar-refractivity contribution >= 4 is 15.6 Å². The molecule has 0 saturated carbocycles. The third kappa shape index (κ3) is 12.7. The van der Waals surface area contributed by atoms with Crippen molar-refractivity contribution in [2.45, 2.75) is 60.3 Å². The molecule has 140 valence electrons. The van der Waals surface area contributed by atoms with E-state index in [9.17, 15) is 14.0 Å². The highest BCUT2D eigenvalue weighted by molar-refractivity contribution is 7.60. The molecule has 0 aromatic carbocycles. The lowest BCUT2D eigenvalue weighted by Gasteiger charge is -2.15. The second kappa shape index (κ2) is 10.3. The van der Waals surface area contributed by atoms with Crippen LogP contribution in [0.5, 0.6) is 0 Å². The highest BCUT2D eigenvalue weighted by Gasteiger charge is 2.33. The predicted molar refractivity (Wildman–Crippen MR) is 94.1 cm³/mol. The highest BCUT2D eigenvalue weighted by atomic mass is 31.3. The molecule has 0 aliphatic carbocycles. The maximum absolute atomic E-state index is 11.5. The Morgan fingerprint density at radius 1 is 0.917 bits per heavy atom. The average molecular weight is 382 g/mol. The van der Waals surface area contributed by atoms with E-state index in [-0.39, 0.29) is 5.76 Å². The van der Waals surface area contributed by atoms with Gasteiger partial charge in [0.15, 0.2) is 0 Å². The van der Waals surface area contributed by atoms with Gasteiger partial charge in [-0.1, -0.05) is 23.3 Å². The van der Waals surface area contributed by atoms with Crippen molar-refractivity contribution in [2.75, 3.05) is 0 Å². The summed E-state index contributed by atoms with van der Waals surface area (Å²) in [6.45, 7) is 9.35. The van der Waals surface area contributed by atoms with E-state index < -0.39 is 15.6 Å². The molecule has 0 spiro atoms. The van der Waals surface area contributed by atoms with E-state index in [1.165, 1.54) is 18.1 Å². The van der Waals surface area contributed by atoms with Crippen LogP contribution in [0.3, 0.4) is 0 Å². The van der Waals surface area contributed by atoms with Crippen molar-refractivity contribution in [2.24, 2.45) is 0 Å². The van der Waals surface area contributed by atoms with Crippen molar-refractivity contribution in [1.29, 1.82) is 0 Å². The summed E-state index contributed by atoms with van der Waals surface area (Å²) in [4.78, 5) is 26.4. The summed E-state index contributed by atoms with van der Waals surface area (Å²) in [5, 5.41) is 0. The van der Waals surface area contributed by atoms with Crippen molar-refractivity contribution in [3.05, 3.63) is 34.6 Å². The molecule has 0 rings (SSSR count). The van der Waals surface area contributed by atoms with Gasteiger partial charge in [-0.3, -0.25) is 4.89 Å². The molecule has 0 radical (unpaired) electrons. The van der Waals surface area contributed by atoms with Crippen LogP contribution < -0.4 is 0 Å². The number of phosphoric ester groups is 1. The Hall–Kier alpha value is -0.680. The number of hydrogen-bond donors (Lipinski definition) is 3. The van der Waals surface area contributed by atoms with Crippen LogP contribution >= 0.6 is 15.6 Å². The van der Waals surface area contributed by atoms with Gasteiger partial charge in [0.2, 0.25) is 0 Å². The number of phosphoric acid groups is 2. The second-order valence-corrected chi connectivity index (χ2v) is 8.63. The third-order valence-electron chi connectivity index (χ3n) is 3.17. The second-order valence-electron chi connectivity index (χ2n) is 5.88. The maximum Gasteiger partial charge on any atom is 0.536 e. The molecule has 9 heteroatoms. The maximum atomic E-state index is 11.5. The molecule has 0 aliphatic rings. The van der Waals surface area contributed by atoms with E-state index in [1.54, 1.807) is 6.92 Å². The SMILES string of the molecule is CC(C)=CCCC(C)=CCCC(C)=C(C)OP(=O)(O)OP(=O)(O)O. The minimum atomic E-state index is -5.10. The van der Waals surface area contributed by atoms with Gasteiger partial charge in [-0.15, -0.1) is 0 Å². The van der Waals surface area contributed by atoms with E-state index in [0.717, 1.165) is 19.3 Å². The van der Waals surface area contributed by atoms with Gasteiger partial charge in [-0.05, 0) is 65.9 Å². The van der Waals surface area contributed by atoms with Gasteiger partial charge >= 0.3 is 15.6 Å². The molecule has 0 aliphatic heterocycles. The predicted octanol–water partition coefficient (Wildman–Crippen LogP) is 4.98. The largest absolute Gasteiger partial charge is 0.536 e. The molecule has 1 unspecified atom stereocenters.